The van der Waals surface area contributed by atoms with Crippen molar-refractivity contribution in [1.29, 1.82) is 0 Å². The molecule has 5 amide bonds. The summed E-state index contributed by atoms with van der Waals surface area (Å²) < 4.78 is 0. The first-order valence-electron chi connectivity index (χ1n) is 11.3. The van der Waals surface area contributed by atoms with Crippen molar-refractivity contribution in [3.8, 4) is 0 Å². The number of rotatable bonds is 5. The van der Waals surface area contributed by atoms with Crippen molar-refractivity contribution in [3.63, 3.8) is 0 Å². The van der Waals surface area contributed by atoms with Crippen molar-refractivity contribution in [2.75, 3.05) is 25.0 Å². The van der Waals surface area contributed by atoms with E-state index in [1.165, 1.54) is 4.90 Å². The van der Waals surface area contributed by atoms with E-state index in [1.54, 1.807) is 4.90 Å². The molecule has 0 radical (unpaired) electrons. The minimum atomic E-state index is -0.747. The number of carbonyl (C=O) groups excluding carboxylic acids is 4. The van der Waals surface area contributed by atoms with Gasteiger partial charge < -0.3 is 15.5 Å². The van der Waals surface area contributed by atoms with Crippen molar-refractivity contribution in [2.45, 2.75) is 56.9 Å². The fraction of sp³-hybridized carbons (Fsp3) is 0.565. The highest BCUT2D eigenvalue weighted by atomic mass is 16.2. The number of piperidine rings is 1. The molecule has 2 saturated heterocycles. The number of likely N-dealkylation sites (tertiary alicyclic amines) is 1. The van der Waals surface area contributed by atoms with Crippen molar-refractivity contribution in [1.82, 2.24) is 15.1 Å². The van der Waals surface area contributed by atoms with E-state index in [0.717, 1.165) is 24.9 Å². The lowest BCUT2D eigenvalue weighted by Gasteiger charge is -2.32. The molecule has 3 fully saturated rings. The van der Waals surface area contributed by atoms with Crippen LogP contribution in [0.1, 0.15) is 51.4 Å². The highest BCUT2D eigenvalue weighted by Gasteiger charge is 2.51. The molecule has 1 aromatic carbocycles. The Morgan fingerprint density at radius 1 is 1.03 bits per heavy atom. The first kappa shape index (κ1) is 21.3. The Balaban J connectivity index is 1.23. The predicted molar refractivity (Wildman–Crippen MR) is 115 cm³/mol. The maximum atomic E-state index is 12.8. The summed E-state index contributed by atoms with van der Waals surface area (Å²) in [5.41, 5.74) is 0.0262. The number of hydrogen-bond donors (Lipinski definition) is 2. The average molecular weight is 427 g/mol. The molecule has 1 aromatic rings. The van der Waals surface area contributed by atoms with Gasteiger partial charge in [0.2, 0.25) is 11.8 Å². The van der Waals surface area contributed by atoms with Crippen LogP contribution in [0.3, 0.4) is 0 Å². The van der Waals surface area contributed by atoms with Gasteiger partial charge in [-0.25, -0.2) is 4.79 Å². The lowest BCUT2D eigenvalue weighted by atomic mass is 9.82. The molecule has 4 rings (SSSR count). The Hall–Kier alpha value is -2.90. The van der Waals surface area contributed by atoms with Crippen LogP contribution < -0.4 is 10.6 Å². The monoisotopic (exact) mass is 426 g/mol. The predicted octanol–water partition coefficient (Wildman–Crippen LogP) is 2.51. The Kier molecular flexibility index (Phi) is 6.25. The maximum absolute atomic E-state index is 12.8. The maximum Gasteiger partial charge on any atom is 0.325 e. The minimum absolute atomic E-state index is 0.0181. The van der Waals surface area contributed by atoms with E-state index < -0.39 is 5.54 Å². The standard InChI is InChI=1S/C23H30N4O4/c28-19(11-16-27-21(30)23(25-22(27)31)12-5-2-6-13-23)26-14-9-17(10-15-26)20(29)24-18-7-3-1-4-8-18/h1,3-4,7-8,17H,2,5-6,9-16H2,(H,24,29)(H,25,31). The highest BCUT2D eigenvalue weighted by Crippen LogP contribution is 2.33. The summed E-state index contributed by atoms with van der Waals surface area (Å²) in [4.78, 5) is 53.2. The van der Waals surface area contributed by atoms with E-state index in [4.69, 9.17) is 0 Å². The molecule has 1 spiro atoms. The van der Waals surface area contributed by atoms with Crippen LogP contribution in [0.2, 0.25) is 0 Å². The summed E-state index contributed by atoms with van der Waals surface area (Å²) in [6.07, 6.45) is 5.66. The Bertz CT molecular complexity index is 842. The second kappa shape index (κ2) is 9.08. The molecule has 0 atom stereocenters. The molecular formula is C23H30N4O4. The number of para-hydroxylation sites is 1. The third-order valence-electron chi connectivity index (χ3n) is 6.76. The number of nitrogens with zero attached hydrogens (tertiary/aromatic N) is 2. The zero-order valence-corrected chi connectivity index (χ0v) is 17.8. The van der Waals surface area contributed by atoms with Crippen LogP contribution in [0.25, 0.3) is 0 Å². The van der Waals surface area contributed by atoms with Gasteiger partial charge >= 0.3 is 6.03 Å². The molecule has 2 aliphatic heterocycles. The summed E-state index contributed by atoms with van der Waals surface area (Å²) in [5.74, 6) is -0.398. The lowest BCUT2D eigenvalue weighted by molar-refractivity contribution is -0.136. The van der Waals surface area contributed by atoms with Gasteiger partial charge in [-0.1, -0.05) is 37.5 Å². The van der Waals surface area contributed by atoms with Crippen molar-refractivity contribution < 1.29 is 19.2 Å². The molecule has 0 bridgehead atoms. The third-order valence-corrected chi connectivity index (χ3v) is 6.76. The van der Waals surface area contributed by atoms with E-state index in [2.05, 4.69) is 10.6 Å². The summed E-state index contributed by atoms with van der Waals surface area (Å²) in [6.45, 7) is 1.13. The van der Waals surface area contributed by atoms with E-state index in [9.17, 15) is 19.2 Å². The number of hydrogen-bond acceptors (Lipinski definition) is 4. The molecule has 31 heavy (non-hydrogen) atoms. The number of amides is 5. The molecule has 3 aliphatic rings. The van der Waals surface area contributed by atoms with Crippen molar-refractivity contribution in [3.05, 3.63) is 30.3 Å². The molecule has 2 heterocycles. The lowest BCUT2D eigenvalue weighted by Crippen LogP contribution is -2.48. The average Bonchev–Trinajstić information content (AvgIpc) is 3.02. The van der Waals surface area contributed by atoms with Gasteiger partial charge in [-0.05, 0) is 37.8 Å². The number of nitrogens with one attached hydrogen (secondary N) is 2. The Morgan fingerprint density at radius 2 is 1.71 bits per heavy atom. The molecule has 166 valence electrons. The smallest absolute Gasteiger partial charge is 0.325 e. The zero-order valence-electron chi connectivity index (χ0n) is 17.8. The fourth-order valence-corrected chi connectivity index (χ4v) is 4.90. The number of benzene rings is 1. The molecule has 1 aliphatic carbocycles. The molecular weight excluding hydrogens is 396 g/mol. The first-order valence-corrected chi connectivity index (χ1v) is 11.3. The van der Waals surface area contributed by atoms with E-state index in [-0.39, 0.29) is 42.6 Å². The molecule has 8 heteroatoms. The van der Waals surface area contributed by atoms with Crippen LogP contribution >= 0.6 is 0 Å². The molecule has 2 N–H and O–H groups in total. The van der Waals surface area contributed by atoms with Crippen LogP contribution in [0, 0.1) is 5.92 Å². The van der Waals surface area contributed by atoms with Gasteiger partial charge in [0.25, 0.3) is 5.91 Å². The number of anilines is 1. The molecule has 0 aromatic heterocycles. The summed E-state index contributed by atoms with van der Waals surface area (Å²) in [5, 5.41) is 5.80. The summed E-state index contributed by atoms with van der Waals surface area (Å²) in [7, 11) is 0. The quantitative estimate of drug-likeness (QED) is 0.707. The van der Waals surface area contributed by atoms with Gasteiger partial charge in [-0.15, -0.1) is 0 Å². The summed E-state index contributed by atoms with van der Waals surface area (Å²) >= 11 is 0. The van der Waals surface area contributed by atoms with E-state index in [0.29, 0.717) is 38.8 Å². The van der Waals surface area contributed by atoms with Gasteiger partial charge in [0.1, 0.15) is 5.54 Å². The highest BCUT2D eigenvalue weighted by molar-refractivity contribution is 6.07. The molecule has 0 unspecified atom stereocenters. The van der Waals surface area contributed by atoms with Gasteiger partial charge in [-0.2, -0.15) is 0 Å². The second-order valence-electron chi connectivity index (χ2n) is 8.79. The number of carbonyl (C=O) groups is 4. The summed E-state index contributed by atoms with van der Waals surface area (Å²) in [6, 6.07) is 8.97. The zero-order chi connectivity index (χ0) is 21.8. The second-order valence-corrected chi connectivity index (χ2v) is 8.79. The van der Waals surface area contributed by atoms with Crippen LogP contribution in [0.15, 0.2) is 30.3 Å². The number of imide groups is 1. The molecule has 1 saturated carbocycles. The van der Waals surface area contributed by atoms with Crippen LogP contribution in [-0.4, -0.2) is 58.7 Å². The van der Waals surface area contributed by atoms with Gasteiger partial charge in [-0.3, -0.25) is 19.3 Å². The fourth-order valence-electron chi connectivity index (χ4n) is 4.90. The van der Waals surface area contributed by atoms with E-state index in [1.807, 2.05) is 30.3 Å². The van der Waals surface area contributed by atoms with Gasteiger partial charge in [0, 0.05) is 37.7 Å². The topological polar surface area (TPSA) is 98.8 Å². The largest absolute Gasteiger partial charge is 0.343 e. The van der Waals surface area contributed by atoms with Crippen molar-refractivity contribution in [2.24, 2.45) is 5.92 Å². The Labute approximate surface area is 182 Å². The van der Waals surface area contributed by atoms with Gasteiger partial charge in [0.15, 0.2) is 0 Å². The van der Waals surface area contributed by atoms with E-state index >= 15 is 0 Å². The SMILES string of the molecule is O=C(Nc1ccccc1)C1CCN(C(=O)CCN2C(=O)NC3(CCCCC3)C2=O)CC1. The molecule has 8 nitrogen and oxygen atoms in total. The minimum Gasteiger partial charge on any atom is -0.343 e. The Morgan fingerprint density at radius 3 is 2.39 bits per heavy atom. The van der Waals surface area contributed by atoms with Crippen LogP contribution in [0.4, 0.5) is 10.5 Å². The first-order chi connectivity index (χ1) is 15.0. The normalized spacial score (nSPS) is 21.3. The van der Waals surface area contributed by atoms with Gasteiger partial charge in [0.05, 0.1) is 0 Å². The van der Waals surface area contributed by atoms with Crippen LogP contribution in [-0.2, 0) is 14.4 Å². The number of urea groups is 1. The van der Waals surface area contributed by atoms with Crippen molar-refractivity contribution >= 4 is 29.4 Å². The third kappa shape index (κ3) is 4.57. The van der Waals surface area contributed by atoms with Crippen LogP contribution in [0.5, 0.6) is 0 Å².